The highest BCUT2D eigenvalue weighted by molar-refractivity contribution is 8.01. The van der Waals surface area contributed by atoms with Gasteiger partial charge in [-0.25, -0.2) is 8.42 Å². The summed E-state index contributed by atoms with van der Waals surface area (Å²) >= 11 is 1.39. The summed E-state index contributed by atoms with van der Waals surface area (Å²) in [6, 6.07) is 10.3. The molecule has 0 saturated heterocycles. The van der Waals surface area contributed by atoms with Gasteiger partial charge < -0.3 is 10.6 Å². The number of carbonyl (C=O) groups excluding carboxylic acids is 2. The average Bonchev–Trinajstić information content (AvgIpc) is 2.65. The molecule has 2 atom stereocenters. The molecule has 8 heteroatoms. The standard InChI is InChI=1S/C21H24N2O4S2/c1-12-5-6-16(9-13(12)2)22-20(24)14(3)11-29(26,27)17-7-8-19-18(10-17)23-21(25)15(4)28-19/h5-10,14-15H,11H2,1-4H3,(H,22,24)(H,23,25)/t14-,15-/m1/s1. The van der Waals surface area contributed by atoms with Crippen molar-refractivity contribution in [1.82, 2.24) is 0 Å². The summed E-state index contributed by atoms with van der Waals surface area (Å²) < 4.78 is 25.7. The number of carbonyl (C=O) groups is 2. The van der Waals surface area contributed by atoms with Gasteiger partial charge in [0.2, 0.25) is 11.8 Å². The molecule has 0 bridgehead atoms. The Hall–Kier alpha value is -2.32. The molecule has 1 aliphatic rings. The number of amides is 2. The van der Waals surface area contributed by atoms with Gasteiger partial charge in [0.05, 0.1) is 21.6 Å². The molecule has 0 aromatic heterocycles. The normalized spacial score (nSPS) is 17.2. The largest absolute Gasteiger partial charge is 0.326 e. The Morgan fingerprint density at radius 2 is 1.90 bits per heavy atom. The van der Waals surface area contributed by atoms with Crippen molar-refractivity contribution >= 4 is 44.8 Å². The predicted octanol–water partition coefficient (Wildman–Crippen LogP) is 3.78. The molecule has 3 rings (SSSR count). The van der Waals surface area contributed by atoms with Crippen LogP contribution in [0.15, 0.2) is 46.2 Å². The van der Waals surface area contributed by atoms with Crippen molar-refractivity contribution in [2.75, 3.05) is 16.4 Å². The van der Waals surface area contributed by atoms with Gasteiger partial charge in [-0.1, -0.05) is 13.0 Å². The Balaban J connectivity index is 1.73. The lowest BCUT2D eigenvalue weighted by molar-refractivity contribution is -0.119. The molecule has 2 aromatic rings. The van der Waals surface area contributed by atoms with Crippen LogP contribution in [0.4, 0.5) is 11.4 Å². The van der Waals surface area contributed by atoms with Gasteiger partial charge in [-0.05, 0) is 62.2 Å². The maximum Gasteiger partial charge on any atom is 0.237 e. The molecule has 1 heterocycles. The van der Waals surface area contributed by atoms with Crippen LogP contribution < -0.4 is 10.6 Å². The van der Waals surface area contributed by atoms with E-state index in [0.717, 1.165) is 16.0 Å². The lowest BCUT2D eigenvalue weighted by Crippen LogP contribution is -2.28. The van der Waals surface area contributed by atoms with E-state index in [2.05, 4.69) is 10.6 Å². The summed E-state index contributed by atoms with van der Waals surface area (Å²) in [6.45, 7) is 7.32. The molecule has 154 valence electrons. The molecular weight excluding hydrogens is 408 g/mol. The highest BCUT2D eigenvalue weighted by Crippen LogP contribution is 2.37. The Morgan fingerprint density at radius 1 is 1.17 bits per heavy atom. The third kappa shape index (κ3) is 4.82. The van der Waals surface area contributed by atoms with Gasteiger partial charge >= 0.3 is 0 Å². The van der Waals surface area contributed by atoms with Crippen LogP contribution in [0.25, 0.3) is 0 Å². The number of aryl methyl sites for hydroxylation is 2. The van der Waals surface area contributed by atoms with Gasteiger partial charge in [-0.15, -0.1) is 11.8 Å². The fraction of sp³-hybridized carbons (Fsp3) is 0.333. The van der Waals surface area contributed by atoms with Crippen molar-refractivity contribution in [3.63, 3.8) is 0 Å². The number of hydrogen-bond acceptors (Lipinski definition) is 5. The molecule has 6 nitrogen and oxygen atoms in total. The van der Waals surface area contributed by atoms with E-state index in [-0.39, 0.29) is 27.7 Å². The van der Waals surface area contributed by atoms with Gasteiger partial charge in [0.25, 0.3) is 0 Å². The molecule has 2 amide bonds. The van der Waals surface area contributed by atoms with Gasteiger partial charge in [0.1, 0.15) is 0 Å². The topological polar surface area (TPSA) is 92.3 Å². The first-order chi connectivity index (χ1) is 13.6. The van der Waals surface area contributed by atoms with Crippen LogP contribution in [0.3, 0.4) is 0 Å². The number of sulfone groups is 1. The van der Waals surface area contributed by atoms with Crippen LogP contribution in [-0.2, 0) is 19.4 Å². The predicted molar refractivity (Wildman–Crippen MR) is 116 cm³/mol. The van der Waals surface area contributed by atoms with Gasteiger partial charge in [0.15, 0.2) is 9.84 Å². The van der Waals surface area contributed by atoms with E-state index in [4.69, 9.17) is 0 Å². The lowest BCUT2D eigenvalue weighted by atomic mass is 10.1. The molecule has 0 aliphatic carbocycles. The van der Waals surface area contributed by atoms with E-state index in [9.17, 15) is 18.0 Å². The second kappa shape index (κ2) is 8.20. The van der Waals surface area contributed by atoms with E-state index < -0.39 is 15.8 Å². The smallest absolute Gasteiger partial charge is 0.237 e. The molecule has 0 fully saturated rings. The minimum absolute atomic E-state index is 0.0949. The Labute approximate surface area is 175 Å². The summed E-state index contributed by atoms with van der Waals surface area (Å²) in [6.07, 6.45) is 0. The third-order valence-electron chi connectivity index (χ3n) is 4.93. The van der Waals surface area contributed by atoms with E-state index in [0.29, 0.717) is 11.4 Å². The number of benzene rings is 2. The van der Waals surface area contributed by atoms with Crippen molar-refractivity contribution in [1.29, 1.82) is 0 Å². The monoisotopic (exact) mass is 432 g/mol. The van der Waals surface area contributed by atoms with Crippen LogP contribution >= 0.6 is 11.8 Å². The van der Waals surface area contributed by atoms with Crippen molar-refractivity contribution in [2.24, 2.45) is 5.92 Å². The number of anilines is 2. The average molecular weight is 433 g/mol. The van der Waals surface area contributed by atoms with Crippen LogP contribution in [0.5, 0.6) is 0 Å². The summed E-state index contributed by atoms with van der Waals surface area (Å²) in [7, 11) is -3.70. The van der Waals surface area contributed by atoms with E-state index in [1.165, 1.54) is 23.9 Å². The van der Waals surface area contributed by atoms with Gasteiger partial charge in [-0.2, -0.15) is 0 Å². The Kier molecular flexibility index (Phi) is 6.05. The zero-order valence-corrected chi connectivity index (χ0v) is 18.4. The Bertz CT molecular complexity index is 1080. The molecule has 29 heavy (non-hydrogen) atoms. The van der Waals surface area contributed by atoms with Gasteiger partial charge in [0, 0.05) is 16.5 Å². The molecule has 0 spiro atoms. The molecular formula is C21H24N2O4S2. The first-order valence-electron chi connectivity index (χ1n) is 9.29. The maximum atomic E-state index is 12.8. The molecule has 1 aliphatic heterocycles. The van der Waals surface area contributed by atoms with Crippen LogP contribution in [0, 0.1) is 19.8 Å². The highest BCUT2D eigenvalue weighted by Gasteiger charge is 2.27. The maximum absolute atomic E-state index is 12.8. The van der Waals surface area contributed by atoms with Crippen molar-refractivity contribution in [3.05, 3.63) is 47.5 Å². The quantitative estimate of drug-likeness (QED) is 0.750. The highest BCUT2D eigenvalue weighted by atomic mass is 32.2. The molecule has 0 saturated carbocycles. The van der Waals surface area contributed by atoms with E-state index >= 15 is 0 Å². The number of hydrogen-bond donors (Lipinski definition) is 2. The minimum atomic E-state index is -3.70. The number of fused-ring (bicyclic) bond motifs is 1. The third-order valence-corrected chi connectivity index (χ3v) is 8.02. The first-order valence-corrected chi connectivity index (χ1v) is 11.8. The molecule has 0 unspecified atom stereocenters. The van der Waals surface area contributed by atoms with Crippen LogP contribution in [0.2, 0.25) is 0 Å². The van der Waals surface area contributed by atoms with Crippen LogP contribution in [-0.4, -0.2) is 31.2 Å². The SMILES string of the molecule is Cc1ccc(NC(=O)[C@H](C)CS(=O)(=O)c2ccc3c(c2)NC(=O)[C@@H](C)S3)cc1C. The summed E-state index contributed by atoms with van der Waals surface area (Å²) in [5.41, 5.74) is 3.30. The fourth-order valence-electron chi connectivity index (χ4n) is 2.97. The van der Waals surface area contributed by atoms with Crippen molar-refractivity contribution in [3.8, 4) is 0 Å². The van der Waals surface area contributed by atoms with Crippen molar-refractivity contribution in [2.45, 2.75) is 42.7 Å². The zero-order chi connectivity index (χ0) is 21.3. The summed E-state index contributed by atoms with van der Waals surface area (Å²) in [4.78, 5) is 25.3. The van der Waals surface area contributed by atoms with Crippen molar-refractivity contribution < 1.29 is 18.0 Å². The minimum Gasteiger partial charge on any atom is -0.326 e. The van der Waals surface area contributed by atoms with Gasteiger partial charge in [-0.3, -0.25) is 9.59 Å². The zero-order valence-electron chi connectivity index (χ0n) is 16.8. The molecule has 2 aromatic carbocycles. The number of thioether (sulfide) groups is 1. The summed E-state index contributed by atoms with van der Waals surface area (Å²) in [5, 5.41) is 5.29. The van der Waals surface area contributed by atoms with E-state index in [1.807, 2.05) is 26.0 Å². The lowest BCUT2D eigenvalue weighted by Gasteiger charge is -2.22. The second-order valence-electron chi connectivity index (χ2n) is 7.38. The molecule has 0 radical (unpaired) electrons. The molecule has 2 N–H and O–H groups in total. The fourth-order valence-corrected chi connectivity index (χ4v) is 5.47. The second-order valence-corrected chi connectivity index (χ2v) is 10.8. The van der Waals surface area contributed by atoms with Crippen LogP contribution in [0.1, 0.15) is 25.0 Å². The number of rotatable bonds is 5. The number of nitrogens with one attached hydrogen (secondary N) is 2. The Morgan fingerprint density at radius 3 is 2.59 bits per heavy atom. The summed E-state index contributed by atoms with van der Waals surface area (Å²) in [5.74, 6) is -1.56. The van der Waals surface area contributed by atoms with E-state index in [1.54, 1.807) is 26.0 Å². The first kappa shape index (κ1) is 21.4.